The van der Waals surface area contributed by atoms with Gasteiger partial charge < -0.3 is 4.74 Å². The Hall–Kier alpha value is -2.22. The van der Waals surface area contributed by atoms with E-state index in [9.17, 15) is 4.79 Å². The summed E-state index contributed by atoms with van der Waals surface area (Å²) in [5, 5.41) is 8.56. The minimum atomic E-state index is -0.469. The van der Waals surface area contributed by atoms with Crippen LogP contribution in [0.4, 0.5) is 0 Å². The Morgan fingerprint density at radius 3 is 2.68 bits per heavy atom. The van der Waals surface area contributed by atoms with Gasteiger partial charge in [-0.1, -0.05) is 0 Å². The molecule has 3 aromatic heterocycles. The fraction of sp³-hybridized carbons (Fsp3) is 0.286. The summed E-state index contributed by atoms with van der Waals surface area (Å²) >= 11 is 3.40. The summed E-state index contributed by atoms with van der Waals surface area (Å²) in [5.41, 5.74) is 4.26. The van der Waals surface area contributed by atoms with Crippen molar-refractivity contribution < 1.29 is 9.53 Å². The second kappa shape index (κ2) is 5.20. The summed E-state index contributed by atoms with van der Waals surface area (Å²) in [4.78, 5) is 16.7. The summed E-state index contributed by atoms with van der Waals surface area (Å²) in [6.07, 6.45) is 1.60. The van der Waals surface area contributed by atoms with E-state index in [2.05, 4.69) is 31.1 Å². The van der Waals surface area contributed by atoms with Crippen molar-refractivity contribution in [2.45, 2.75) is 13.8 Å². The molecule has 0 amide bonds. The lowest BCUT2D eigenvalue weighted by Crippen LogP contribution is -2.10. The Morgan fingerprint density at radius 1 is 1.36 bits per heavy atom. The predicted octanol–water partition coefficient (Wildman–Crippen LogP) is 2.30. The van der Waals surface area contributed by atoms with Gasteiger partial charge in [0.1, 0.15) is 0 Å². The van der Waals surface area contributed by atoms with Gasteiger partial charge in [0, 0.05) is 18.3 Å². The van der Waals surface area contributed by atoms with Gasteiger partial charge in [-0.15, -0.1) is 0 Å². The Morgan fingerprint density at radius 2 is 2.09 bits per heavy atom. The number of esters is 1. The molecule has 0 saturated heterocycles. The molecular formula is C14H14BrN5O2. The number of hydrogen-bond donors (Lipinski definition) is 0. The monoisotopic (exact) mass is 363 g/mol. The van der Waals surface area contributed by atoms with Gasteiger partial charge >= 0.3 is 5.97 Å². The Labute approximate surface area is 135 Å². The highest BCUT2D eigenvalue weighted by Crippen LogP contribution is 2.28. The smallest absolute Gasteiger partial charge is 0.356 e. The van der Waals surface area contributed by atoms with Crippen LogP contribution in [-0.4, -0.2) is 37.5 Å². The molecule has 22 heavy (non-hydrogen) atoms. The SMILES string of the molecule is COC(=O)c1cc(-c2c(C)nn(C)c2C)nc2c(Br)cnn12. The Kier molecular flexibility index (Phi) is 3.48. The van der Waals surface area contributed by atoms with E-state index in [4.69, 9.17) is 4.74 Å². The number of methoxy groups -OCH3 is 1. The molecule has 3 rings (SSSR count). The van der Waals surface area contributed by atoms with E-state index in [0.29, 0.717) is 21.5 Å². The fourth-order valence-electron chi connectivity index (χ4n) is 2.46. The second-order valence-corrected chi connectivity index (χ2v) is 5.77. The maximum atomic E-state index is 12.0. The molecule has 0 fully saturated rings. The third-order valence-corrected chi connectivity index (χ3v) is 4.15. The highest BCUT2D eigenvalue weighted by atomic mass is 79.9. The van der Waals surface area contributed by atoms with Gasteiger partial charge in [-0.3, -0.25) is 4.68 Å². The van der Waals surface area contributed by atoms with Gasteiger partial charge in [0.25, 0.3) is 0 Å². The number of aromatic nitrogens is 5. The number of nitrogens with zero attached hydrogens (tertiary/aromatic N) is 5. The first-order valence-electron chi connectivity index (χ1n) is 6.57. The minimum absolute atomic E-state index is 0.316. The van der Waals surface area contributed by atoms with Gasteiger partial charge in [-0.05, 0) is 35.8 Å². The molecule has 7 nitrogen and oxygen atoms in total. The fourth-order valence-corrected chi connectivity index (χ4v) is 2.81. The molecule has 0 bridgehead atoms. The summed E-state index contributed by atoms with van der Waals surface area (Å²) in [6, 6.07) is 1.68. The van der Waals surface area contributed by atoms with Crippen molar-refractivity contribution >= 4 is 27.5 Å². The van der Waals surface area contributed by atoms with E-state index in [1.54, 1.807) is 16.9 Å². The molecule has 0 aliphatic rings. The largest absolute Gasteiger partial charge is 0.464 e. The van der Waals surface area contributed by atoms with Crippen LogP contribution in [0.5, 0.6) is 0 Å². The normalized spacial score (nSPS) is 11.1. The lowest BCUT2D eigenvalue weighted by atomic mass is 10.1. The number of carbonyl (C=O) groups is 1. The van der Waals surface area contributed by atoms with Gasteiger partial charge in [0.15, 0.2) is 11.3 Å². The topological polar surface area (TPSA) is 74.3 Å². The van der Waals surface area contributed by atoms with Crippen molar-refractivity contribution in [3.05, 3.63) is 33.8 Å². The third kappa shape index (κ3) is 2.10. The average molecular weight is 364 g/mol. The summed E-state index contributed by atoms with van der Waals surface area (Å²) in [7, 11) is 3.22. The van der Waals surface area contributed by atoms with Crippen molar-refractivity contribution in [3.63, 3.8) is 0 Å². The number of halogens is 1. The number of ether oxygens (including phenoxy) is 1. The van der Waals surface area contributed by atoms with E-state index >= 15 is 0 Å². The minimum Gasteiger partial charge on any atom is -0.464 e. The first-order valence-corrected chi connectivity index (χ1v) is 7.36. The van der Waals surface area contributed by atoms with Crippen molar-refractivity contribution in [1.82, 2.24) is 24.4 Å². The van der Waals surface area contributed by atoms with Crippen molar-refractivity contribution in [3.8, 4) is 11.3 Å². The van der Waals surface area contributed by atoms with Crippen LogP contribution < -0.4 is 0 Å². The molecule has 0 atom stereocenters. The Balaban J connectivity index is 2.35. The molecule has 8 heteroatoms. The Bertz CT molecular complexity index is 896. The molecule has 0 saturated carbocycles. The maximum absolute atomic E-state index is 12.0. The lowest BCUT2D eigenvalue weighted by molar-refractivity contribution is 0.0590. The number of rotatable bonds is 2. The van der Waals surface area contributed by atoms with Crippen LogP contribution in [0.25, 0.3) is 16.9 Å². The van der Waals surface area contributed by atoms with Crippen LogP contribution >= 0.6 is 15.9 Å². The van der Waals surface area contributed by atoms with Crippen molar-refractivity contribution in [2.75, 3.05) is 7.11 Å². The quantitative estimate of drug-likeness (QED) is 0.653. The van der Waals surface area contributed by atoms with Gasteiger partial charge in [-0.25, -0.2) is 14.3 Å². The molecule has 3 aromatic rings. The lowest BCUT2D eigenvalue weighted by Gasteiger charge is -2.07. The van der Waals surface area contributed by atoms with Crippen molar-refractivity contribution in [1.29, 1.82) is 0 Å². The molecule has 0 N–H and O–H groups in total. The second-order valence-electron chi connectivity index (χ2n) is 4.92. The van der Waals surface area contributed by atoms with Crippen molar-refractivity contribution in [2.24, 2.45) is 7.05 Å². The number of carbonyl (C=O) groups excluding carboxylic acids is 1. The number of hydrogen-bond acceptors (Lipinski definition) is 5. The molecule has 0 unspecified atom stereocenters. The first-order chi connectivity index (χ1) is 10.4. The van der Waals surface area contributed by atoms with Crippen LogP contribution in [0.2, 0.25) is 0 Å². The van der Waals surface area contributed by atoms with Crippen LogP contribution in [-0.2, 0) is 11.8 Å². The zero-order valence-electron chi connectivity index (χ0n) is 12.6. The molecule has 0 aliphatic heterocycles. The van der Waals surface area contributed by atoms with Crippen LogP contribution in [0.3, 0.4) is 0 Å². The maximum Gasteiger partial charge on any atom is 0.356 e. The van der Waals surface area contributed by atoms with Gasteiger partial charge in [0.2, 0.25) is 0 Å². The first kappa shape index (κ1) is 14.7. The van der Waals surface area contributed by atoms with E-state index in [1.165, 1.54) is 11.6 Å². The molecule has 0 aliphatic carbocycles. The summed E-state index contributed by atoms with van der Waals surface area (Å²) in [6.45, 7) is 3.88. The van der Waals surface area contributed by atoms with E-state index < -0.39 is 5.97 Å². The van der Waals surface area contributed by atoms with E-state index in [-0.39, 0.29) is 0 Å². The molecular weight excluding hydrogens is 350 g/mol. The molecule has 3 heterocycles. The third-order valence-electron chi connectivity index (χ3n) is 3.59. The summed E-state index contributed by atoms with van der Waals surface area (Å²) in [5.74, 6) is -0.469. The zero-order chi connectivity index (χ0) is 16.0. The average Bonchev–Trinajstić information content (AvgIpc) is 2.98. The van der Waals surface area contributed by atoms with Crippen LogP contribution in [0.1, 0.15) is 21.9 Å². The molecule has 114 valence electrons. The molecule has 0 spiro atoms. The molecule has 0 aromatic carbocycles. The highest BCUT2D eigenvalue weighted by Gasteiger charge is 2.20. The number of aryl methyl sites for hydroxylation is 2. The van der Waals surface area contributed by atoms with Crippen LogP contribution in [0.15, 0.2) is 16.7 Å². The zero-order valence-corrected chi connectivity index (χ0v) is 14.2. The van der Waals surface area contributed by atoms with Gasteiger partial charge in [-0.2, -0.15) is 10.2 Å². The standard InChI is InChI=1S/C14H14BrN5O2/c1-7-12(8(2)19(3)18-7)10-5-11(14(21)22-4)20-13(17-10)9(15)6-16-20/h5-6H,1-4H3. The number of fused-ring (bicyclic) bond motifs is 1. The summed E-state index contributed by atoms with van der Waals surface area (Å²) < 4.78 is 8.80. The van der Waals surface area contributed by atoms with E-state index in [1.807, 2.05) is 20.9 Å². The van der Waals surface area contributed by atoms with Gasteiger partial charge in [0.05, 0.1) is 29.2 Å². The van der Waals surface area contributed by atoms with Crippen LogP contribution in [0, 0.1) is 13.8 Å². The molecule has 0 radical (unpaired) electrons. The highest BCUT2D eigenvalue weighted by molar-refractivity contribution is 9.10. The van der Waals surface area contributed by atoms with E-state index in [0.717, 1.165) is 17.0 Å². The predicted molar refractivity (Wildman–Crippen MR) is 83.7 cm³/mol.